The monoisotopic (exact) mass is 395 g/mol. The van der Waals surface area contributed by atoms with Crippen molar-refractivity contribution in [1.29, 1.82) is 0 Å². The molecule has 4 nitrogen and oxygen atoms in total. The maximum atomic E-state index is 12.7. The molecule has 0 aliphatic carbocycles. The summed E-state index contributed by atoms with van der Waals surface area (Å²) in [5.74, 6) is 4.61. The van der Waals surface area contributed by atoms with E-state index in [2.05, 4.69) is 17.2 Å². The number of alkyl halides is 3. The number of aryl methyl sites for hydroxylation is 1. The molecule has 2 aromatic carbocycles. The second-order valence-corrected chi connectivity index (χ2v) is 7.83. The standard InChI is InChI=1S/C19H16F3NO3S/c1-13-8-9-16(27(2,25)26)12-17(13)18(24)23-10-4-6-14-5-3-7-15(11-14)19(20,21)22/h3,5,7-9,11-12H,10H2,1-2H3,(H,23,24). The van der Waals surface area contributed by atoms with Gasteiger partial charge in [-0.15, -0.1) is 0 Å². The van der Waals surface area contributed by atoms with Crippen molar-refractivity contribution in [2.24, 2.45) is 0 Å². The number of carbonyl (C=O) groups is 1. The third-order valence-electron chi connectivity index (χ3n) is 3.64. The second kappa shape index (κ2) is 7.84. The van der Waals surface area contributed by atoms with Gasteiger partial charge in [-0.25, -0.2) is 8.42 Å². The Bertz CT molecular complexity index is 1030. The largest absolute Gasteiger partial charge is 0.416 e. The smallest absolute Gasteiger partial charge is 0.341 e. The lowest BCUT2D eigenvalue weighted by Crippen LogP contribution is -2.24. The number of rotatable bonds is 3. The number of sulfone groups is 1. The maximum absolute atomic E-state index is 12.7. The molecule has 0 saturated carbocycles. The Morgan fingerprint density at radius 1 is 1.15 bits per heavy atom. The zero-order chi connectivity index (χ0) is 20.2. The van der Waals surface area contributed by atoms with Crippen molar-refractivity contribution in [3.05, 3.63) is 64.7 Å². The summed E-state index contributed by atoms with van der Waals surface area (Å²) in [6.07, 6.45) is -3.41. The molecule has 0 aliphatic rings. The Morgan fingerprint density at radius 3 is 2.48 bits per heavy atom. The van der Waals surface area contributed by atoms with Crippen LogP contribution in [0.2, 0.25) is 0 Å². The van der Waals surface area contributed by atoms with Gasteiger partial charge in [0.1, 0.15) is 0 Å². The Hall–Kier alpha value is -2.79. The van der Waals surface area contributed by atoms with Gasteiger partial charge in [-0.2, -0.15) is 13.2 Å². The summed E-state index contributed by atoms with van der Waals surface area (Å²) < 4.78 is 61.2. The minimum Gasteiger partial charge on any atom is -0.341 e. The van der Waals surface area contributed by atoms with Crippen LogP contribution in [-0.4, -0.2) is 27.1 Å². The predicted octanol–water partition coefficient (Wildman–Crippen LogP) is 3.20. The highest BCUT2D eigenvalue weighted by Crippen LogP contribution is 2.29. The Balaban J connectivity index is 2.09. The average Bonchev–Trinajstić information content (AvgIpc) is 2.57. The van der Waals surface area contributed by atoms with Gasteiger partial charge < -0.3 is 5.32 Å². The summed E-state index contributed by atoms with van der Waals surface area (Å²) in [4.78, 5) is 12.2. The summed E-state index contributed by atoms with van der Waals surface area (Å²) in [5, 5.41) is 2.50. The van der Waals surface area contributed by atoms with Crippen LogP contribution in [0.3, 0.4) is 0 Å². The number of amides is 1. The van der Waals surface area contributed by atoms with E-state index >= 15 is 0 Å². The summed E-state index contributed by atoms with van der Waals surface area (Å²) in [7, 11) is -3.45. The molecular weight excluding hydrogens is 379 g/mol. The molecular formula is C19H16F3NO3S. The van der Waals surface area contributed by atoms with Crippen molar-refractivity contribution >= 4 is 15.7 Å². The van der Waals surface area contributed by atoms with E-state index < -0.39 is 27.5 Å². The van der Waals surface area contributed by atoms with Crippen LogP contribution in [0.4, 0.5) is 13.2 Å². The van der Waals surface area contributed by atoms with Gasteiger partial charge in [-0.05, 0) is 42.8 Å². The van der Waals surface area contributed by atoms with E-state index in [4.69, 9.17) is 0 Å². The summed E-state index contributed by atoms with van der Waals surface area (Å²) in [6, 6.07) is 8.78. The average molecular weight is 395 g/mol. The van der Waals surface area contributed by atoms with Crippen molar-refractivity contribution in [3.8, 4) is 11.8 Å². The number of hydrogen-bond donors (Lipinski definition) is 1. The van der Waals surface area contributed by atoms with Crippen LogP contribution >= 0.6 is 0 Å². The van der Waals surface area contributed by atoms with E-state index in [0.29, 0.717) is 5.56 Å². The SMILES string of the molecule is Cc1ccc(S(C)(=O)=O)cc1C(=O)NCC#Cc1cccc(C(F)(F)F)c1. The van der Waals surface area contributed by atoms with Crippen LogP contribution in [0.1, 0.15) is 27.0 Å². The molecule has 1 amide bonds. The topological polar surface area (TPSA) is 63.2 Å². The van der Waals surface area contributed by atoms with Gasteiger partial charge in [0.15, 0.2) is 9.84 Å². The number of halogens is 3. The first kappa shape index (κ1) is 20.5. The maximum Gasteiger partial charge on any atom is 0.416 e. The van der Waals surface area contributed by atoms with Crippen LogP contribution in [0.15, 0.2) is 47.4 Å². The highest BCUT2D eigenvalue weighted by molar-refractivity contribution is 7.90. The van der Waals surface area contributed by atoms with Gasteiger partial charge in [-0.1, -0.05) is 24.0 Å². The Kier molecular flexibility index (Phi) is 5.96. The highest BCUT2D eigenvalue weighted by atomic mass is 32.2. The van der Waals surface area contributed by atoms with Crippen molar-refractivity contribution < 1.29 is 26.4 Å². The molecule has 0 heterocycles. The Morgan fingerprint density at radius 2 is 1.85 bits per heavy atom. The van der Waals surface area contributed by atoms with Crippen LogP contribution in [-0.2, 0) is 16.0 Å². The van der Waals surface area contributed by atoms with E-state index in [-0.39, 0.29) is 22.6 Å². The van der Waals surface area contributed by atoms with Crippen LogP contribution < -0.4 is 5.32 Å². The molecule has 8 heteroatoms. The van der Waals surface area contributed by atoms with E-state index in [9.17, 15) is 26.4 Å². The zero-order valence-corrected chi connectivity index (χ0v) is 15.3. The molecule has 0 aromatic heterocycles. The van der Waals surface area contributed by atoms with E-state index in [1.165, 1.54) is 30.3 Å². The fraction of sp³-hybridized carbons (Fsp3) is 0.211. The number of nitrogens with one attached hydrogen (secondary N) is 1. The van der Waals surface area contributed by atoms with Crippen LogP contribution in [0.5, 0.6) is 0 Å². The lowest BCUT2D eigenvalue weighted by Gasteiger charge is -2.07. The van der Waals surface area contributed by atoms with Gasteiger partial charge >= 0.3 is 6.18 Å². The fourth-order valence-electron chi connectivity index (χ4n) is 2.22. The fourth-order valence-corrected chi connectivity index (χ4v) is 2.86. The van der Waals surface area contributed by atoms with E-state index in [0.717, 1.165) is 18.4 Å². The molecule has 0 spiro atoms. The van der Waals surface area contributed by atoms with Gasteiger partial charge in [0.05, 0.1) is 17.0 Å². The number of benzene rings is 2. The van der Waals surface area contributed by atoms with Crippen LogP contribution in [0.25, 0.3) is 0 Å². The van der Waals surface area contributed by atoms with E-state index in [1.54, 1.807) is 6.92 Å². The molecule has 0 bridgehead atoms. The van der Waals surface area contributed by atoms with Crippen LogP contribution in [0, 0.1) is 18.8 Å². The molecule has 1 N–H and O–H groups in total. The number of carbonyl (C=O) groups excluding carboxylic acids is 1. The third-order valence-corrected chi connectivity index (χ3v) is 4.75. The lowest BCUT2D eigenvalue weighted by molar-refractivity contribution is -0.137. The molecule has 0 radical (unpaired) electrons. The molecule has 2 rings (SSSR count). The quantitative estimate of drug-likeness (QED) is 0.812. The molecule has 0 fully saturated rings. The minimum atomic E-state index is -4.45. The normalized spacial score (nSPS) is 11.4. The Labute approximate surface area is 155 Å². The zero-order valence-electron chi connectivity index (χ0n) is 14.5. The van der Waals surface area contributed by atoms with Crippen molar-refractivity contribution in [1.82, 2.24) is 5.32 Å². The summed E-state index contributed by atoms with van der Waals surface area (Å²) in [6.45, 7) is 1.56. The van der Waals surface area contributed by atoms with Crippen molar-refractivity contribution in [2.45, 2.75) is 18.0 Å². The van der Waals surface area contributed by atoms with E-state index in [1.807, 2.05) is 0 Å². The first-order valence-corrected chi connectivity index (χ1v) is 9.62. The first-order valence-electron chi connectivity index (χ1n) is 7.73. The number of hydrogen-bond acceptors (Lipinski definition) is 3. The molecule has 142 valence electrons. The highest BCUT2D eigenvalue weighted by Gasteiger charge is 2.30. The summed E-state index contributed by atoms with van der Waals surface area (Å²) >= 11 is 0. The van der Waals surface area contributed by atoms with Gasteiger partial charge in [0.2, 0.25) is 0 Å². The molecule has 2 aromatic rings. The molecule has 0 unspecified atom stereocenters. The lowest BCUT2D eigenvalue weighted by atomic mass is 10.1. The summed E-state index contributed by atoms with van der Waals surface area (Å²) in [5.41, 5.74) is 0.158. The van der Waals surface area contributed by atoms with Gasteiger partial charge in [-0.3, -0.25) is 4.79 Å². The predicted molar refractivity (Wildman–Crippen MR) is 94.9 cm³/mol. The minimum absolute atomic E-state index is 0.0216. The first-order chi connectivity index (χ1) is 12.5. The van der Waals surface area contributed by atoms with Gasteiger partial charge in [0.25, 0.3) is 5.91 Å². The van der Waals surface area contributed by atoms with Crippen molar-refractivity contribution in [3.63, 3.8) is 0 Å². The van der Waals surface area contributed by atoms with Crippen molar-refractivity contribution in [2.75, 3.05) is 12.8 Å². The molecule has 0 aliphatic heterocycles. The van der Waals surface area contributed by atoms with Gasteiger partial charge in [0, 0.05) is 17.4 Å². The molecule has 0 saturated heterocycles. The molecule has 27 heavy (non-hydrogen) atoms. The molecule has 0 atom stereocenters. The third kappa shape index (κ3) is 5.59. The second-order valence-electron chi connectivity index (χ2n) is 5.81.